The molecule has 0 aliphatic carbocycles. The van der Waals surface area contributed by atoms with Crippen LogP contribution in [0.5, 0.6) is 0 Å². The van der Waals surface area contributed by atoms with Crippen LogP contribution in [0.2, 0.25) is 0 Å². The predicted molar refractivity (Wildman–Crippen MR) is 150 cm³/mol. The smallest absolute Gasteiger partial charge is 0.222 e. The Morgan fingerprint density at radius 3 is 2.33 bits per heavy atom. The number of nitrogens with zero attached hydrogens (tertiary/aromatic N) is 4. The van der Waals surface area contributed by atoms with Crippen LogP contribution in [0.3, 0.4) is 0 Å². The summed E-state index contributed by atoms with van der Waals surface area (Å²) in [6.07, 6.45) is 2.34. The van der Waals surface area contributed by atoms with Gasteiger partial charge in [0.05, 0.1) is 0 Å². The van der Waals surface area contributed by atoms with Crippen molar-refractivity contribution in [3.8, 4) is 0 Å². The van der Waals surface area contributed by atoms with Gasteiger partial charge in [0.15, 0.2) is 0 Å². The van der Waals surface area contributed by atoms with Gasteiger partial charge in [0, 0.05) is 75.6 Å². The molecule has 0 radical (unpaired) electrons. The molecule has 3 heterocycles. The number of piperidine rings is 1. The van der Waals surface area contributed by atoms with Gasteiger partial charge in [-0.3, -0.25) is 9.69 Å². The van der Waals surface area contributed by atoms with Crippen molar-refractivity contribution in [2.45, 2.75) is 37.8 Å². The van der Waals surface area contributed by atoms with E-state index in [1.165, 1.54) is 23.8 Å². The molecule has 2 fully saturated rings. The summed E-state index contributed by atoms with van der Waals surface area (Å²) < 4.78 is 27.9. The Bertz CT molecular complexity index is 1280. The van der Waals surface area contributed by atoms with Crippen LogP contribution in [0.25, 0.3) is 0 Å². The number of benzene rings is 3. The Labute approximate surface area is 229 Å². The summed E-state index contributed by atoms with van der Waals surface area (Å²) in [6.45, 7) is 6.98. The van der Waals surface area contributed by atoms with E-state index in [0.29, 0.717) is 6.42 Å². The largest absolute Gasteiger partial charge is 0.340 e. The van der Waals surface area contributed by atoms with Crippen LogP contribution in [0, 0.1) is 11.6 Å². The fourth-order valence-electron chi connectivity index (χ4n) is 6.59. The third-order valence-corrected chi connectivity index (χ3v) is 8.58. The highest BCUT2D eigenvalue weighted by atomic mass is 19.1. The molecule has 6 rings (SSSR count). The lowest BCUT2D eigenvalue weighted by Gasteiger charge is -2.39. The maximum absolute atomic E-state index is 14.3. The lowest BCUT2D eigenvalue weighted by molar-refractivity contribution is -0.133. The second kappa shape index (κ2) is 11.4. The van der Waals surface area contributed by atoms with Crippen molar-refractivity contribution in [3.05, 3.63) is 95.6 Å². The number of carbonyl (C=O) groups excluding carboxylic acids is 1. The topological polar surface area (TPSA) is 30.0 Å². The molecule has 7 heteroatoms. The molecule has 0 aromatic heterocycles. The van der Waals surface area contributed by atoms with Gasteiger partial charge in [0.25, 0.3) is 0 Å². The minimum atomic E-state index is -0.257. The van der Waals surface area contributed by atoms with Crippen molar-refractivity contribution in [3.63, 3.8) is 0 Å². The Morgan fingerprint density at radius 2 is 1.56 bits per heavy atom. The standard InChI is InChI=1S/C32H36F2N4O/c33-25-8-11-27(12-9-25)38-30-13-10-26(34)21-28(30)29-23-35(16-14-31(29)38)15-4-7-32(39)37-19-17-36(18-20-37)22-24-5-2-1-3-6-24/h1-3,5-6,8-13,21,29,31H,4,7,14-20,22-23H2. The highest BCUT2D eigenvalue weighted by Crippen LogP contribution is 2.48. The molecular weight excluding hydrogens is 494 g/mol. The number of carbonyl (C=O) groups is 1. The molecular formula is C32H36F2N4O. The zero-order chi connectivity index (χ0) is 26.8. The zero-order valence-electron chi connectivity index (χ0n) is 22.3. The molecule has 204 valence electrons. The van der Waals surface area contributed by atoms with Gasteiger partial charge in [-0.1, -0.05) is 30.3 Å². The molecule has 39 heavy (non-hydrogen) atoms. The minimum Gasteiger partial charge on any atom is -0.340 e. The number of halogens is 2. The molecule has 3 aromatic rings. The van der Waals surface area contributed by atoms with Crippen molar-refractivity contribution in [1.82, 2.24) is 14.7 Å². The third-order valence-electron chi connectivity index (χ3n) is 8.58. The van der Waals surface area contributed by atoms with Crippen molar-refractivity contribution >= 4 is 17.3 Å². The number of rotatable bonds is 7. The van der Waals surface area contributed by atoms with Crippen molar-refractivity contribution in [2.75, 3.05) is 50.7 Å². The van der Waals surface area contributed by atoms with Crippen LogP contribution in [0.4, 0.5) is 20.2 Å². The third kappa shape index (κ3) is 5.70. The molecule has 3 aliphatic rings. The zero-order valence-corrected chi connectivity index (χ0v) is 22.3. The fourth-order valence-corrected chi connectivity index (χ4v) is 6.59. The van der Waals surface area contributed by atoms with E-state index in [0.717, 1.165) is 82.1 Å². The first kappa shape index (κ1) is 26.0. The fraction of sp³-hybridized carbons (Fsp3) is 0.406. The molecule has 0 bridgehead atoms. The highest BCUT2D eigenvalue weighted by Gasteiger charge is 2.42. The number of piperazine rings is 1. The summed E-state index contributed by atoms with van der Waals surface area (Å²) in [4.78, 5) is 22.0. The van der Waals surface area contributed by atoms with Crippen LogP contribution in [0.1, 0.15) is 36.3 Å². The second-order valence-electron chi connectivity index (χ2n) is 11.1. The quantitative estimate of drug-likeness (QED) is 0.409. The van der Waals surface area contributed by atoms with Gasteiger partial charge in [-0.05, 0) is 73.0 Å². The predicted octanol–water partition coefficient (Wildman–Crippen LogP) is 5.40. The highest BCUT2D eigenvalue weighted by molar-refractivity contribution is 5.76. The molecule has 3 aliphatic heterocycles. The first-order chi connectivity index (χ1) is 19.0. The average Bonchev–Trinajstić information content (AvgIpc) is 3.27. The number of hydrogen-bond donors (Lipinski definition) is 0. The number of hydrogen-bond acceptors (Lipinski definition) is 4. The molecule has 2 saturated heterocycles. The Kier molecular flexibility index (Phi) is 7.62. The lowest BCUT2D eigenvalue weighted by Crippen LogP contribution is -2.48. The van der Waals surface area contributed by atoms with Crippen molar-refractivity contribution in [1.29, 1.82) is 0 Å². The summed E-state index contributed by atoms with van der Waals surface area (Å²) in [5, 5.41) is 0. The molecule has 3 aromatic carbocycles. The van der Waals surface area contributed by atoms with Gasteiger partial charge in [-0.25, -0.2) is 8.78 Å². The van der Waals surface area contributed by atoms with E-state index in [4.69, 9.17) is 0 Å². The van der Waals surface area contributed by atoms with E-state index in [1.807, 2.05) is 29.2 Å². The van der Waals surface area contributed by atoms with Crippen LogP contribution in [0.15, 0.2) is 72.8 Å². The Morgan fingerprint density at radius 1 is 0.821 bits per heavy atom. The number of amides is 1. The van der Waals surface area contributed by atoms with E-state index in [9.17, 15) is 13.6 Å². The summed E-state index contributed by atoms with van der Waals surface area (Å²) in [7, 11) is 0. The van der Waals surface area contributed by atoms with Gasteiger partial charge in [0.2, 0.25) is 5.91 Å². The van der Waals surface area contributed by atoms with Crippen LogP contribution < -0.4 is 4.90 Å². The Balaban J connectivity index is 1.01. The first-order valence-corrected chi connectivity index (χ1v) is 14.2. The maximum atomic E-state index is 14.3. The van der Waals surface area contributed by atoms with Crippen LogP contribution in [-0.2, 0) is 11.3 Å². The number of anilines is 2. The monoisotopic (exact) mass is 530 g/mol. The minimum absolute atomic E-state index is 0.183. The van der Waals surface area contributed by atoms with Crippen LogP contribution >= 0.6 is 0 Å². The second-order valence-corrected chi connectivity index (χ2v) is 11.1. The van der Waals surface area contributed by atoms with E-state index in [2.05, 4.69) is 39.0 Å². The van der Waals surface area contributed by atoms with E-state index < -0.39 is 0 Å². The summed E-state index contributed by atoms with van der Waals surface area (Å²) in [5.41, 5.74) is 4.30. The van der Waals surface area contributed by atoms with Crippen molar-refractivity contribution in [2.24, 2.45) is 0 Å². The molecule has 0 N–H and O–H groups in total. The van der Waals surface area contributed by atoms with Gasteiger partial charge in [-0.15, -0.1) is 0 Å². The molecule has 2 unspecified atom stereocenters. The van der Waals surface area contributed by atoms with Gasteiger partial charge in [0.1, 0.15) is 11.6 Å². The number of fused-ring (bicyclic) bond motifs is 3. The van der Waals surface area contributed by atoms with E-state index in [1.54, 1.807) is 6.07 Å². The lowest BCUT2D eigenvalue weighted by atomic mass is 9.89. The molecule has 0 saturated carbocycles. The summed E-state index contributed by atoms with van der Waals surface area (Å²) in [5.74, 6) is -0.0461. The van der Waals surface area contributed by atoms with Crippen molar-refractivity contribution < 1.29 is 13.6 Å². The average molecular weight is 531 g/mol. The van der Waals surface area contributed by atoms with Gasteiger partial charge in [-0.2, -0.15) is 0 Å². The van der Waals surface area contributed by atoms with Crippen LogP contribution in [-0.4, -0.2) is 72.5 Å². The Hall–Kier alpha value is -3.29. The molecule has 0 spiro atoms. The molecule has 5 nitrogen and oxygen atoms in total. The SMILES string of the molecule is O=C(CCCN1CCC2C(C1)c1cc(F)ccc1N2c1ccc(F)cc1)N1CCN(Cc2ccccc2)CC1. The molecule has 2 atom stereocenters. The van der Waals surface area contributed by atoms with E-state index >= 15 is 0 Å². The normalized spacial score (nSPS) is 21.6. The van der Waals surface area contributed by atoms with Gasteiger partial charge < -0.3 is 14.7 Å². The summed E-state index contributed by atoms with van der Waals surface area (Å²) in [6, 6.07) is 22.3. The molecule has 1 amide bonds. The number of likely N-dealkylation sites (tertiary alicyclic amines) is 1. The van der Waals surface area contributed by atoms with E-state index in [-0.39, 0.29) is 29.5 Å². The summed E-state index contributed by atoms with van der Waals surface area (Å²) >= 11 is 0. The van der Waals surface area contributed by atoms with Gasteiger partial charge >= 0.3 is 0 Å². The maximum Gasteiger partial charge on any atom is 0.222 e. The first-order valence-electron chi connectivity index (χ1n) is 14.2.